The van der Waals surface area contributed by atoms with Gasteiger partial charge in [0.2, 0.25) is 10.3 Å². The number of amides is 1. The highest BCUT2D eigenvalue weighted by molar-refractivity contribution is 7.14. The van der Waals surface area contributed by atoms with Crippen LogP contribution in [0.2, 0.25) is 0 Å². The maximum atomic E-state index is 14.9. The SMILES string of the molecule is CCCCCCCCc1ccc(N(C(=O)OCCN(C)C)c2nc(-c3cccnc3)c(F)s2)cc1C(F)(F)F. The molecule has 1 aromatic carbocycles. The Morgan fingerprint density at radius 2 is 1.82 bits per heavy atom. The predicted octanol–water partition coefficient (Wildman–Crippen LogP) is 8.10. The molecule has 212 valence electrons. The maximum absolute atomic E-state index is 14.9. The molecule has 6 nitrogen and oxygen atoms in total. The first kappa shape index (κ1) is 30.5. The highest BCUT2D eigenvalue weighted by Crippen LogP contribution is 2.39. The van der Waals surface area contributed by atoms with Gasteiger partial charge in [-0.3, -0.25) is 4.98 Å². The molecule has 3 aromatic rings. The van der Waals surface area contributed by atoms with Crippen molar-refractivity contribution < 1.29 is 27.1 Å². The molecule has 0 atom stereocenters. The Kier molecular flexibility index (Phi) is 11.2. The standard InChI is InChI=1S/C28H34F4N4O2S/c1-4-5-6-7-8-9-11-20-13-14-22(18-23(20)28(30,31)32)36(27(37)38-17-16-35(2)3)26-34-24(25(29)39-26)21-12-10-15-33-19-21/h10,12-15,18-19H,4-9,11,16-17H2,1-3H3. The molecule has 1 amide bonds. The lowest BCUT2D eigenvalue weighted by Gasteiger charge is -2.22. The number of carbonyl (C=O) groups excluding carboxylic acids is 1. The summed E-state index contributed by atoms with van der Waals surface area (Å²) in [4.78, 5) is 24.1. The number of thiazole rings is 1. The summed E-state index contributed by atoms with van der Waals surface area (Å²) in [6.45, 7) is 2.50. The van der Waals surface area contributed by atoms with Gasteiger partial charge in [0.15, 0.2) is 0 Å². The van der Waals surface area contributed by atoms with Crippen LogP contribution >= 0.6 is 11.3 Å². The van der Waals surface area contributed by atoms with E-state index in [2.05, 4.69) is 16.9 Å². The molecule has 0 aliphatic carbocycles. The molecule has 0 unspecified atom stereocenters. The predicted molar refractivity (Wildman–Crippen MR) is 146 cm³/mol. The third-order valence-corrected chi connectivity index (χ3v) is 6.93. The van der Waals surface area contributed by atoms with E-state index in [-0.39, 0.29) is 35.1 Å². The number of halogens is 4. The molecule has 3 rings (SSSR count). The van der Waals surface area contributed by atoms with Gasteiger partial charge in [-0.2, -0.15) is 17.6 Å². The zero-order valence-corrected chi connectivity index (χ0v) is 23.2. The van der Waals surface area contributed by atoms with E-state index in [1.165, 1.54) is 24.5 Å². The highest BCUT2D eigenvalue weighted by atomic mass is 32.1. The van der Waals surface area contributed by atoms with Gasteiger partial charge in [0.05, 0.1) is 11.3 Å². The number of hydrogen-bond donors (Lipinski definition) is 0. The van der Waals surface area contributed by atoms with E-state index in [0.29, 0.717) is 29.9 Å². The van der Waals surface area contributed by atoms with Gasteiger partial charge in [-0.25, -0.2) is 14.7 Å². The number of hydrogen-bond acceptors (Lipinski definition) is 6. The lowest BCUT2D eigenvalue weighted by Crippen LogP contribution is -2.30. The first-order valence-corrected chi connectivity index (χ1v) is 13.8. The molecule has 39 heavy (non-hydrogen) atoms. The molecule has 0 aliphatic rings. The summed E-state index contributed by atoms with van der Waals surface area (Å²) in [5.41, 5.74) is -0.447. The molecule has 0 N–H and O–H groups in total. The lowest BCUT2D eigenvalue weighted by atomic mass is 9.99. The number of nitrogens with zero attached hydrogens (tertiary/aromatic N) is 4. The highest BCUT2D eigenvalue weighted by Gasteiger charge is 2.35. The van der Waals surface area contributed by atoms with Crippen molar-refractivity contribution >= 4 is 28.2 Å². The van der Waals surface area contributed by atoms with Gasteiger partial charge >= 0.3 is 12.3 Å². The van der Waals surface area contributed by atoms with Crippen LogP contribution in [0.4, 0.5) is 33.2 Å². The van der Waals surface area contributed by atoms with E-state index in [9.17, 15) is 22.4 Å². The molecule has 0 saturated heterocycles. The number of pyridine rings is 1. The number of aryl methyl sites for hydroxylation is 1. The minimum Gasteiger partial charge on any atom is -0.447 e. The monoisotopic (exact) mass is 566 g/mol. The largest absolute Gasteiger partial charge is 0.447 e. The smallest absolute Gasteiger partial charge is 0.420 e. The second-order valence-electron chi connectivity index (χ2n) is 9.47. The summed E-state index contributed by atoms with van der Waals surface area (Å²) in [7, 11) is 3.58. The molecule has 11 heteroatoms. The Bertz CT molecular complexity index is 1200. The summed E-state index contributed by atoms with van der Waals surface area (Å²) >= 11 is 0.549. The molecular formula is C28H34F4N4O2S. The lowest BCUT2D eigenvalue weighted by molar-refractivity contribution is -0.138. The number of anilines is 2. The number of unbranched alkanes of at least 4 members (excludes halogenated alkanes) is 5. The molecule has 0 fully saturated rings. The van der Waals surface area contributed by atoms with Gasteiger partial charge in [-0.05, 0) is 56.8 Å². The Balaban J connectivity index is 1.95. The number of benzene rings is 1. The van der Waals surface area contributed by atoms with Crippen molar-refractivity contribution in [3.8, 4) is 11.3 Å². The van der Waals surface area contributed by atoms with Crippen LogP contribution in [0.5, 0.6) is 0 Å². The van der Waals surface area contributed by atoms with Crippen molar-refractivity contribution in [3.63, 3.8) is 0 Å². The first-order chi connectivity index (χ1) is 18.6. The van der Waals surface area contributed by atoms with Crippen molar-refractivity contribution in [2.45, 2.75) is 58.0 Å². The van der Waals surface area contributed by atoms with Crippen molar-refractivity contribution in [2.75, 3.05) is 32.1 Å². The maximum Gasteiger partial charge on any atom is 0.420 e. The van der Waals surface area contributed by atoms with Crippen LogP contribution in [0.25, 0.3) is 11.3 Å². The first-order valence-electron chi connectivity index (χ1n) is 13.0. The minimum absolute atomic E-state index is 0.00606. The Morgan fingerprint density at radius 3 is 2.49 bits per heavy atom. The second kappa shape index (κ2) is 14.4. The minimum atomic E-state index is -4.64. The van der Waals surface area contributed by atoms with E-state index < -0.39 is 23.0 Å². The van der Waals surface area contributed by atoms with Crippen LogP contribution in [0.15, 0.2) is 42.7 Å². The zero-order valence-electron chi connectivity index (χ0n) is 22.4. The fraction of sp³-hybridized carbons (Fsp3) is 0.464. The average Bonchev–Trinajstić information content (AvgIpc) is 3.27. The summed E-state index contributed by atoms with van der Waals surface area (Å²) in [6, 6.07) is 6.95. The van der Waals surface area contributed by atoms with Gasteiger partial charge in [0.25, 0.3) is 0 Å². The summed E-state index contributed by atoms with van der Waals surface area (Å²) in [6.07, 6.45) is 3.37. The number of rotatable bonds is 13. The fourth-order valence-electron chi connectivity index (χ4n) is 4.02. The summed E-state index contributed by atoms with van der Waals surface area (Å²) in [5, 5.41) is -0.835. The number of carbonyl (C=O) groups is 1. The van der Waals surface area contributed by atoms with Crippen molar-refractivity contribution in [2.24, 2.45) is 0 Å². The normalized spacial score (nSPS) is 11.7. The van der Waals surface area contributed by atoms with E-state index in [1.54, 1.807) is 31.1 Å². The van der Waals surface area contributed by atoms with Gasteiger partial charge < -0.3 is 9.64 Å². The number of ether oxygens (including phenoxy) is 1. The van der Waals surface area contributed by atoms with Crippen molar-refractivity contribution in [1.29, 1.82) is 0 Å². The summed E-state index contributed by atoms with van der Waals surface area (Å²) < 4.78 is 62.7. The third-order valence-electron chi connectivity index (χ3n) is 6.10. The van der Waals surface area contributed by atoms with Crippen molar-refractivity contribution in [3.05, 3.63) is 59.0 Å². The van der Waals surface area contributed by atoms with E-state index in [0.717, 1.165) is 43.1 Å². The van der Waals surface area contributed by atoms with E-state index in [1.807, 2.05) is 0 Å². The molecule has 0 bridgehead atoms. The number of aromatic nitrogens is 2. The fourth-order valence-corrected chi connectivity index (χ4v) is 4.85. The topological polar surface area (TPSA) is 58.6 Å². The van der Waals surface area contributed by atoms with Crippen LogP contribution in [0.1, 0.15) is 56.6 Å². The number of alkyl halides is 3. The van der Waals surface area contributed by atoms with Crippen LogP contribution in [-0.4, -0.2) is 48.2 Å². The molecule has 0 spiro atoms. The zero-order chi connectivity index (χ0) is 28.4. The second-order valence-corrected chi connectivity index (χ2v) is 10.4. The molecule has 0 aliphatic heterocycles. The molecular weight excluding hydrogens is 532 g/mol. The van der Waals surface area contributed by atoms with Crippen LogP contribution in [-0.2, 0) is 17.3 Å². The average molecular weight is 567 g/mol. The van der Waals surface area contributed by atoms with E-state index in [4.69, 9.17) is 4.74 Å². The quantitative estimate of drug-likeness (QED) is 0.155. The van der Waals surface area contributed by atoms with Crippen LogP contribution in [0.3, 0.4) is 0 Å². The third kappa shape index (κ3) is 8.72. The van der Waals surface area contributed by atoms with E-state index >= 15 is 0 Å². The van der Waals surface area contributed by atoms with Crippen LogP contribution in [0, 0.1) is 5.13 Å². The molecule has 2 aromatic heterocycles. The van der Waals surface area contributed by atoms with Crippen molar-refractivity contribution in [1.82, 2.24) is 14.9 Å². The van der Waals surface area contributed by atoms with Gasteiger partial charge in [0, 0.05) is 24.5 Å². The molecule has 2 heterocycles. The van der Waals surface area contributed by atoms with Gasteiger partial charge in [-0.15, -0.1) is 0 Å². The van der Waals surface area contributed by atoms with Crippen LogP contribution < -0.4 is 4.90 Å². The Labute approximate surface area is 230 Å². The Morgan fingerprint density at radius 1 is 1.08 bits per heavy atom. The number of likely N-dealkylation sites (N-methyl/N-ethyl adjacent to an activating group) is 1. The summed E-state index contributed by atoms with van der Waals surface area (Å²) in [5.74, 6) is 0. The Hall–Kier alpha value is -3.05. The van der Waals surface area contributed by atoms with Gasteiger partial charge in [-0.1, -0.05) is 56.4 Å². The molecule has 0 radical (unpaired) electrons. The van der Waals surface area contributed by atoms with Gasteiger partial charge in [0.1, 0.15) is 12.3 Å². The molecule has 0 saturated carbocycles.